The summed E-state index contributed by atoms with van der Waals surface area (Å²) in [6.45, 7) is 2.34. The predicted octanol–water partition coefficient (Wildman–Crippen LogP) is 3.05. The molecule has 2 aromatic rings. The van der Waals surface area contributed by atoms with Crippen molar-refractivity contribution in [1.82, 2.24) is 9.78 Å². The molecule has 2 heterocycles. The van der Waals surface area contributed by atoms with Gasteiger partial charge in [0.2, 0.25) is 0 Å². The maximum Gasteiger partial charge on any atom is 0.0493 e. The number of hydrogen-bond donors (Lipinski definition) is 0. The third kappa shape index (κ3) is 3.47. The molecular formula is C15H18N3Pt-. The van der Waals surface area contributed by atoms with Crippen LogP contribution in [0.2, 0.25) is 0 Å². The second-order valence-electron chi connectivity index (χ2n) is 4.78. The van der Waals surface area contributed by atoms with Gasteiger partial charge in [0, 0.05) is 46.5 Å². The van der Waals surface area contributed by atoms with Gasteiger partial charge >= 0.3 is 0 Å². The van der Waals surface area contributed by atoms with Crippen molar-refractivity contribution in [3.8, 4) is 5.69 Å². The molecule has 0 amide bonds. The van der Waals surface area contributed by atoms with Gasteiger partial charge in [0.05, 0.1) is 0 Å². The Labute approximate surface area is 128 Å². The molecular weight excluding hydrogens is 417 g/mol. The smallest absolute Gasteiger partial charge is 0.0493 e. The van der Waals surface area contributed by atoms with Crippen molar-refractivity contribution >= 4 is 5.69 Å². The topological polar surface area (TPSA) is 21.1 Å². The van der Waals surface area contributed by atoms with E-state index in [2.05, 4.69) is 28.2 Å². The van der Waals surface area contributed by atoms with Crippen LogP contribution in [-0.2, 0) is 21.1 Å². The fraction of sp³-hybridized carbons (Fsp3) is 0.400. The molecule has 0 aliphatic carbocycles. The van der Waals surface area contributed by atoms with Crippen LogP contribution >= 0.6 is 0 Å². The number of aromatic nitrogens is 2. The molecule has 104 valence electrons. The molecule has 0 spiro atoms. The molecule has 19 heavy (non-hydrogen) atoms. The Morgan fingerprint density at radius 2 is 1.89 bits per heavy atom. The first-order chi connectivity index (χ1) is 8.93. The van der Waals surface area contributed by atoms with Crippen LogP contribution in [0.5, 0.6) is 0 Å². The van der Waals surface area contributed by atoms with Gasteiger partial charge in [-0.2, -0.15) is 17.2 Å². The average Bonchev–Trinajstić information content (AvgIpc) is 2.82. The van der Waals surface area contributed by atoms with Crippen LogP contribution in [0.4, 0.5) is 5.69 Å². The van der Waals surface area contributed by atoms with Crippen molar-refractivity contribution in [2.75, 3.05) is 18.0 Å². The fourth-order valence-electron chi connectivity index (χ4n) is 2.51. The van der Waals surface area contributed by atoms with Crippen LogP contribution in [0.3, 0.4) is 0 Å². The van der Waals surface area contributed by atoms with Crippen LogP contribution in [0.15, 0.2) is 36.7 Å². The van der Waals surface area contributed by atoms with E-state index in [0.717, 1.165) is 5.69 Å². The van der Waals surface area contributed by atoms with Crippen LogP contribution < -0.4 is 4.90 Å². The predicted molar refractivity (Wildman–Crippen MR) is 73.1 cm³/mol. The molecule has 0 N–H and O–H groups in total. The Balaban J connectivity index is 0.00000133. The second-order valence-corrected chi connectivity index (χ2v) is 4.78. The summed E-state index contributed by atoms with van der Waals surface area (Å²) >= 11 is 0. The van der Waals surface area contributed by atoms with Crippen molar-refractivity contribution in [3.63, 3.8) is 0 Å². The molecule has 0 unspecified atom stereocenters. The van der Waals surface area contributed by atoms with Crippen molar-refractivity contribution < 1.29 is 21.1 Å². The van der Waals surface area contributed by atoms with E-state index in [9.17, 15) is 0 Å². The summed E-state index contributed by atoms with van der Waals surface area (Å²) in [7, 11) is 0. The van der Waals surface area contributed by atoms with Crippen LogP contribution in [0.25, 0.3) is 5.69 Å². The van der Waals surface area contributed by atoms with Crippen LogP contribution in [0.1, 0.15) is 25.7 Å². The summed E-state index contributed by atoms with van der Waals surface area (Å²) in [6.07, 6.45) is 9.08. The van der Waals surface area contributed by atoms with Gasteiger partial charge in [0.25, 0.3) is 0 Å². The van der Waals surface area contributed by atoms with E-state index in [0.29, 0.717) is 0 Å². The molecule has 4 heteroatoms. The van der Waals surface area contributed by atoms with Gasteiger partial charge in [-0.3, -0.25) is 4.68 Å². The summed E-state index contributed by atoms with van der Waals surface area (Å²) in [4.78, 5) is 2.48. The van der Waals surface area contributed by atoms with Crippen LogP contribution in [-0.4, -0.2) is 22.9 Å². The number of nitrogens with zero attached hydrogens (tertiary/aromatic N) is 3. The first-order valence-corrected chi connectivity index (χ1v) is 6.70. The minimum absolute atomic E-state index is 0. The normalized spacial score (nSPS) is 15.7. The zero-order chi connectivity index (χ0) is 12.2. The standard InChI is InChI=1S/C15H18N3.Pt/c1-2-4-11-17(10-3-1)14-7-5-8-15(13-14)18-12-6-9-16-18;/h5-7,9,12-13H,1-4,10-11H2;/q-1;. The first-order valence-electron chi connectivity index (χ1n) is 6.70. The van der Waals surface area contributed by atoms with Gasteiger partial charge in [-0.05, 0) is 24.6 Å². The van der Waals surface area contributed by atoms with E-state index in [1.165, 1.54) is 44.5 Å². The molecule has 1 fully saturated rings. The second kappa shape index (κ2) is 6.90. The molecule has 1 aromatic heterocycles. The van der Waals surface area contributed by atoms with Crippen LogP contribution in [0, 0.1) is 6.07 Å². The van der Waals surface area contributed by atoms with Crippen molar-refractivity contribution in [2.24, 2.45) is 0 Å². The molecule has 1 aliphatic rings. The third-order valence-corrected chi connectivity index (χ3v) is 3.49. The van der Waals surface area contributed by atoms with E-state index in [1.54, 1.807) is 6.20 Å². The average molecular weight is 435 g/mol. The number of rotatable bonds is 2. The summed E-state index contributed by atoms with van der Waals surface area (Å²) in [5, 5.41) is 4.26. The van der Waals surface area contributed by atoms with Crippen molar-refractivity contribution in [2.45, 2.75) is 25.7 Å². The Morgan fingerprint density at radius 1 is 1.11 bits per heavy atom. The summed E-state index contributed by atoms with van der Waals surface area (Å²) in [5.74, 6) is 0. The molecule has 1 saturated heterocycles. The molecule has 1 aliphatic heterocycles. The number of benzene rings is 1. The van der Waals surface area contributed by atoms with Gasteiger partial charge in [-0.25, -0.2) is 0 Å². The van der Waals surface area contributed by atoms with E-state index in [-0.39, 0.29) is 21.1 Å². The summed E-state index contributed by atoms with van der Waals surface area (Å²) < 4.78 is 1.86. The minimum atomic E-state index is 0. The quantitative estimate of drug-likeness (QED) is 0.677. The zero-order valence-electron chi connectivity index (χ0n) is 10.9. The number of anilines is 1. The van der Waals surface area contributed by atoms with E-state index < -0.39 is 0 Å². The van der Waals surface area contributed by atoms with Gasteiger partial charge in [0.1, 0.15) is 0 Å². The zero-order valence-corrected chi connectivity index (χ0v) is 13.1. The van der Waals surface area contributed by atoms with Crippen molar-refractivity contribution in [1.29, 1.82) is 0 Å². The Morgan fingerprint density at radius 3 is 2.58 bits per heavy atom. The number of hydrogen-bond acceptors (Lipinski definition) is 2. The SMILES string of the molecule is [Pt].[c-]1ccc(N2CCCCCC2)cc1-n1cccn1. The fourth-order valence-corrected chi connectivity index (χ4v) is 2.51. The molecule has 3 rings (SSSR count). The van der Waals surface area contributed by atoms with Gasteiger partial charge in [-0.1, -0.05) is 18.5 Å². The van der Waals surface area contributed by atoms with Gasteiger partial charge in [-0.15, -0.1) is 12.1 Å². The maximum atomic E-state index is 4.26. The Hall–Kier alpha value is -1.08. The van der Waals surface area contributed by atoms with E-state index in [4.69, 9.17) is 0 Å². The summed E-state index contributed by atoms with van der Waals surface area (Å²) in [5.41, 5.74) is 2.31. The molecule has 0 atom stereocenters. The Kier molecular flexibility index (Phi) is 5.21. The van der Waals surface area contributed by atoms with E-state index in [1.807, 2.05) is 23.0 Å². The van der Waals surface area contributed by atoms with Crippen molar-refractivity contribution in [3.05, 3.63) is 42.7 Å². The van der Waals surface area contributed by atoms with Gasteiger partial charge < -0.3 is 4.90 Å². The molecule has 1 aromatic carbocycles. The molecule has 0 bridgehead atoms. The molecule has 0 saturated carbocycles. The summed E-state index contributed by atoms with van der Waals surface area (Å²) in [6, 6.07) is 11.5. The first kappa shape index (κ1) is 14.3. The molecule has 0 radical (unpaired) electrons. The third-order valence-electron chi connectivity index (χ3n) is 3.49. The minimum Gasteiger partial charge on any atom is -0.393 e. The largest absolute Gasteiger partial charge is 0.393 e. The van der Waals surface area contributed by atoms with E-state index >= 15 is 0 Å². The van der Waals surface area contributed by atoms with Gasteiger partial charge in [0.15, 0.2) is 0 Å². The molecule has 3 nitrogen and oxygen atoms in total. The monoisotopic (exact) mass is 435 g/mol. The maximum absolute atomic E-state index is 4.26. The Bertz CT molecular complexity index is 488.